The summed E-state index contributed by atoms with van der Waals surface area (Å²) in [6.07, 6.45) is 1.72. The van der Waals surface area contributed by atoms with E-state index in [9.17, 15) is 0 Å². The zero-order valence-corrected chi connectivity index (χ0v) is 11.4. The van der Waals surface area contributed by atoms with Crippen LogP contribution in [0.1, 0.15) is 11.3 Å². The molecule has 0 aliphatic rings. The predicted molar refractivity (Wildman–Crippen MR) is 72.7 cm³/mol. The van der Waals surface area contributed by atoms with Crippen LogP contribution in [-0.4, -0.2) is 4.98 Å². The summed E-state index contributed by atoms with van der Waals surface area (Å²) in [5.41, 5.74) is 1.95. The number of hydrogen-bond acceptors (Lipinski definition) is 2. The van der Waals surface area contributed by atoms with E-state index in [1.807, 2.05) is 36.4 Å². The molecule has 1 aromatic heterocycles. The molecule has 17 heavy (non-hydrogen) atoms. The molecular formula is C13H11BrClNO. The largest absolute Gasteiger partial charge is 0.487 e. The molecule has 0 N–H and O–H groups in total. The van der Waals surface area contributed by atoms with Gasteiger partial charge in [0, 0.05) is 15.9 Å². The fraction of sp³-hybridized carbons (Fsp3) is 0.154. The van der Waals surface area contributed by atoms with Crippen molar-refractivity contribution < 1.29 is 4.74 Å². The maximum absolute atomic E-state index is 6.04. The van der Waals surface area contributed by atoms with Gasteiger partial charge in [-0.2, -0.15) is 0 Å². The van der Waals surface area contributed by atoms with Gasteiger partial charge in [0.1, 0.15) is 12.4 Å². The van der Waals surface area contributed by atoms with E-state index in [0.717, 1.165) is 27.4 Å². The van der Waals surface area contributed by atoms with Crippen LogP contribution in [-0.2, 0) is 11.9 Å². The van der Waals surface area contributed by atoms with Crippen molar-refractivity contribution in [3.63, 3.8) is 0 Å². The van der Waals surface area contributed by atoms with E-state index < -0.39 is 0 Å². The van der Waals surface area contributed by atoms with Crippen LogP contribution in [0.25, 0.3) is 0 Å². The second kappa shape index (κ2) is 6.03. The molecule has 1 heterocycles. The Morgan fingerprint density at radius 3 is 2.65 bits per heavy atom. The Kier molecular flexibility index (Phi) is 4.40. The molecule has 2 aromatic rings. The molecule has 0 saturated carbocycles. The molecule has 0 unspecified atom stereocenters. The van der Waals surface area contributed by atoms with Crippen molar-refractivity contribution in [3.05, 3.63) is 58.9 Å². The molecule has 0 aliphatic heterocycles. The molecule has 0 bridgehead atoms. The number of ether oxygens (including phenoxy) is 1. The van der Waals surface area contributed by atoms with Crippen molar-refractivity contribution in [2.45, 2.75) is 11.9 Å². The van der Waals surface area contributed by atoms with Crippen LogP contribution >= 0.6 is 27.5 Å². The minimum Gasteiger partial charge on any atom is -0.487 e. The van der Waals surface area contributed by atoms with Crippen molar-refractivity contribution in [1.29, 1.82) is 0 Å². The summed E-state index contributed by atoms with van der Waals surface area (Å²) in [4.78, 5) is 4.23. The van der Waals surface area contributed by atoms with Crippen LogP contribution in [0.3, 0.4) is 0 Å². The number of pyridine rings is 1. The van der Waals surface area contributed by atoms with E-state index in [-0.39, 0.29) is 0 Å². The Morgan fingerprint density at radius 1 is 1.18 bits per heavy atom. The Hall–Kier alpha value is -1.06. The number of rotatable bonds is 4. The van der Waals surface area contributed by atoms with E-state index in [0.29, 0.717) is 6.61 Å². The van der Waals surface area contributed by atoms with Crippen LogP contribution in [0.4, 0.5) is 0 Å². The molecular weight excluding hydrogens is 302 g/mol. The molecule has 1 aromatic carbocycles. The molecule has 88 valence electrons. The fourth-order valence-electron chi connectivity index (χ4n) is 1.35. The van der Waals surface area contributed by atoms with Gasteiger partial charge in [0.2, 0.25) is 0 Å². The van der Waals surface area contributed by atoms with E-state index in [1.54, 1.807) is 6.20 Å². The standard InChI is InChI=1S/C13H11BrClNO/c14-7-11-5-6-12(8-16-11)17-9-10-3-1-2-4-13(10)15/h1-6,8H,7,9H2. The highest BCUT2D eigenvalue weighted by atomic mass is 79.9. The van der Waals surface area contributed by atoms with Gasteiger partial charge in [-0.25, -0.2) is 0 Å². The molecule has 0 spiro atoms. The van der Waals surface area contributed by atoms with Gasteiger partial charge >= 0.3 is 0 Å². The zero-order valence-electron chi connectivity index (χ0n) is 9.07. The second-order valence-corrected chi connectivity index (χ2v) is 4.47. The maximum Gasteiger partial charge on any atom is 0.138 e. The molecule has 0 atom stereocenters. The maximum atomic E-state index is 6.04. The number of hydrogen-bond donors (Lipinski definition) is 0. The first-order chi connectivity index (χ1) is 8.29. The Morgan fingerprint density at radius 2 is 2.00 bits per heavy atom. The molecule has 2 rings (SSSR count). The van der Waals surface area contributed by atoms with Gasteiger partial charge in [-0.1, -0.05) is 45.7 Å². The lowest BCUT2D eigenvalue weighted by atomic mass is 10.2. The van der Waals surface area contributed by atoms with Crippen molar-refractivity contribution in [2.24, 2.45) is 0 Å². The minimum absolute atomic E-state index is 0.453. The third kappa shape index (κ3) is 3.45. The van der Waals surface area contributed by atoms with Gasteiger partial charge in [0.25, 0.3) is 0 Å². The normalized spacial score (nSPS) is 10.2. The van der Waals surface area contributed by atoms with Crippen LogP contribution in [0.5, 0.6) is 5.75 Å². The monoisotopic (exact) mass is 311 g/mol. The van der Waals surface area contributed by atoms with Gasteiger partial charge in [-0.05, 0) is 18.2 Å². The Balaban J connectivity index is 2.00. The molecule has 0 saturated heterocycles. The average Bonchev–Trinajstić information content (AvgIpc) is 2.38. The topological polar surface area (TPSA) is 22.1 Å². The van der Waals surface area contributed by atoms with Crippen LogP contribution in [0, 0.1) is 0 Å². The summed E-state index contributed by atoms with van der Waals surface area (Å²) in [5.74, 6) is 0.745. The van der Waals surface area contributed by atoms with E-state index in [2.05, 4.69) is 20.9 Å². The number of alkyl halides is 1. The van der Waals surface area contributed by atoms with Gasteiger partial charge in [-0.3, -0.25) is 4.98 Å². The molecule has 2 nitrogen and oxygen atoms in total. The molecule has 0 fully saturated rings. The smallest absolute Gasteiger partial charge is 0.138 e. The van der Waals surface area contributed by atoms with Crippen molar-refractivity contribution >= 4 is 27.5 Å². The molecule has 4 heteroatoms. The highest BCUT2D eigenvalue weighted by Gasteiger charge is 2.00. The van der Waals surface area contributed by atoms with Crippen molar-refractivity contribution in [3.8, 4) is 5.75 Å². The van der Waals surface area contributed by atoms with Crippen molar-refractivity contribution in [2.75, 3.05) is 0 Å². The van der Waals surface area contributed by atoms with Gasteiger partial charge in [0.05, 0.1) is 11.9 Å². The summed E-state index contributed by atoms with van der Waals surface area (Å²) >= 11 is 9.38. The highest BCUT2D eigenvalue weighted by molar-refractivity contribution is 9.08. The predicted octanol–water partition coefficient (Wildman–Crippen LogP) is 4.21. The third-order valence-electron chi connectivity index (χ3n) is 2.29. The second-order valence-electron chi connectivity index (χ2n) is 3.50. The van der Waals surface area contributed by atoms with Gasteiger partial charge in [0.15, 0.2) is 0 Å². The first-order valence-electron chi connectivity index (χ1n) is 5.16. The third-order valence-corrected chi connectivity index (χ3v) is 3.23. The first-order valence-corrected chi connectivity index (χ1v) is 6.66. The summed E-state index contributed by atoms with van der Waals surface area (Å²) in [6, 6.07) is 11.5. The first kappa shape index (κ1) is 12.4. The lowest BCUT2D eigenvalue weighted by molar-refractivity contribution is 0.305. The molecule has 0 amide bonds. The molecule has 0 aliphatic carbocycles. The lowest BCUT2D eigenvalue weighted by Crippen LogP contribution is -1.97. The van der Waals surface area contributed by atoms with Crippen LogP contribution < -0.4 is 4.74 Å². The highest BCUT2D eigenvalue weighted by Crippen LogP contribution is 2.18. The number of aromatic nitrogens is 1. The van der Waals surface area contributed by atoms with E-state index in [4.69, 9.17) is 16.3 Å². The number of halogens is 2. The van der Waals surface area contributed by atoms with E-state index in [1.165, 1.54) is 0 Å². The lowest BCUT2D eigenvalue weighted by Gasteiger charge is -2.07. The summed E-state index contributed by atoms with van der Waals surface area (Å²) in [7, 11) is 0. The van der Waals surface area contributed by atoms with Crippen molar-refractivity contribution in [1.82, 2.24) is 4.98 Å². The Labute approximate surface area is 114 Å². The summed E-state index contributed by atoms with van der Waals surface area (Å²) < 4.78 is 5.61. The minimum atomic E-state index is 0.453. The summed E-state index contributed by atoms with van der Waals surface area (Å²) in [6.45, 7) is 0.453. The van der Waals surface area contributed by atoms with Gasteiger partial charge < -0.3 is 4.74 Å². The number of benzene rings is 1. The Bertz CT molecular complexity index is 487. The zero-order chi connectivity index (χ0) is 12.1. The van der Waals surface area contributed by atoms with Crippen LogP contribution in [0.15, 0.2) is 42.6 Å². The summed E-state index contributed by atoms with van der Waals surface area (Å²) in [5, 5.41) is 1.47. The van der Waals surface area contributed by atoms with Gasteiger partial charge in [-0.15, -0.1) is 0 Å². The van der Waals surface area contributed by atoms with Crippen LogP contribution in [0.2, 0.25) is 5.02 Å². The van der Waals surface area contributed by atoms with E-state index >= 15 is 0 Å². The SMILES string of the molecule is Clc1ccccc1COc1ccc(CBr)nc1. The quantitative estimate of drug-likeness (QED) is 0.789. The molecule has 0 radical (unpaired) electrons. The fourth-order valence-corrected chi connectivity index (χ4v) is 1.87. The average molecular weight is 313 g/mol. The number of nitrogens with zero attached hydrogens (tertiary/aromatic N) is 1.